The molecular weight excluding hydrogens is 384 g/mol. The van der Waals surface area contributed by atoms with Crippen molar-refractivity contribution < 1.29 is 4.79 Å². The van der Waals surface area contributed by atoms with Gasteiger partial charge in [-0.25, -0.2) is 4.79 Å². The number of hydrogen-bond donors (Lipinski definition) is 2. The lowest BCUT2D eigenvalue weighted by Gasteiger charge is -2.11. The summed E-state index contributed by atoms with van der Waals surface area (Å²) in [5, 5.41) is 10.7. The van der Waals surface area contributed by atoms with Crippen molar-refractivity contribution in [3.05, 3.63) is 90.1 Å². The summed E-state index contributed by atoms with van der Waals surface area (Å²) in [6, 6.07) is 24.5. The molecule has 2 N–H and O–H groups in total. The van der Waals surface area contributed by atoms with Crippen molar-refractivity contribution in [1.82, 2.24) is 9.78 Å². The number of aromatic nitrogens is 2. The van der Waals surface area contributed by atoms with Gasteiger partial charge in [-0.15, -0.1) is 0 Å². The van der Waals surface area contributed by atoms with Crippen LogP contribution in [-0.4, -0.2) is 15.8 Å². The number of amides is 2. The highest BCUT2D eigenvalue weighted by molar-refractivity contribution is 6.30. The normalized spacial score (nSPS) is 10.6. The Kier molecular flexibility index (Phi) is 5.31. The highest BCUT2D eigenvalue weighted by atomic mass is 35.5. The van der Waals surface area contributed by atoms with Gasteiger partial charge in [-0.05, 0) is 42.0 Å². The molecule has 0 saturated carbocycles. The number of anilines is 2. The Morgan fingerprint density at radius 1 is 0.862 bits per heavy atom. The van der Waals surface area contributed by atoms with Crippen LogP contribution >= 0.6 is 11.6 Å². The first-order valence-electron chi connectivity index (χ1n) is 9.11. The van der Waals surface area contributed by atoms with Crippen LogP contribution in [0, 0.1) is 0 Å². The zero-order valence-corrected chi connectivity index (χ0v) is 16.5. The number of rotatable bonds is 4. The number of urea groups is 1. The first kappa shape index (κ1) is 18.8. The van der Waals surface area contributed by atoms with Gasteiger partial charge in [0.05, 0.1) is 11.9 Å². The van der Waals surface area contributed by atoms with Crippen LogP contribution in [0.15, 0.2) is 85.1 Å². The molecule has 29 heavy (non-hydrogen) atoms. The summed E-state index contributed by atoms with van der Waals surface area (Å²) in [5.74, 6) is 0. The summed E-state index contributed by atoms with van der Waals surface area (Å²) in [5.41, 5.74) is 5.44. The van der Waals surface area contributed by atoms with Gasteiger partial charge in [0.15, 0.2) is 0 Å². The molecule has 2 amide bonds. The van der Waals surface area contributed by atoms with E-state index in [2.05, 4.69) is 27.9 Å². The highest BCUT2D eigenvalue weighted by Crippen LogP contribution is 2.32. The summed E-state index contributed by atoms with van der Waals surface area (Å²) in [6.07, 6.45) is 1.86. The second kappa shape index (κ2) is 8.20. The predicted octanol–water partition coefficient (Wildman–Crippen LogP) is 6.05. The minimum absolute atomic E-state index is 0.322. The fourth-order valence-corrected chi connectivity index (χ4v) is 3.31. The fraction of sp³-hybridized carbons (Fsp3) is 0.0435. The maximum atomic E-state index is 12.3. The second-order valence-electron chi connectivity index (χ2n) is 6.56. The third kappa shape index (κ3) is 4.31. The van der Waals surface area contributed by atoms with E-state index in [1.54, 1.807) is 24.3 Å². The SMILES string of the molecule is Cn1ncc(-c2ccccc2)c1-c1cccc(NC(=O)Nc2ccc(Cl)cc2)c1. The van der Waals surface area contributed by atoms with Crippen molar-refractivity contribution in [1.29, 1.82) is 0 Å². The molecule has 0 aliphatic rings. The minimum atomic E-state index is -0.322. The van der Waals surface area contributed by atoms with E-state index in [0.29, 0.717) is 16.4 Å². The molecule has 0 unspecified atom stereocenters. The number of hydrogen-bond acceptors (Lipinski definition) is 2. The van der Waals surface area contributed by atoms with Crippen LogP contribution in [0.1, 0.15) is 0 Å². The van der Waals surface area contributed by atoms with Crippen molar-refractivity contribution >= 4 is 29.0 Å². The lowest BCUT2D eigenvalue weighted by Crippen LogP contribution is -2.19. The van der Waals surface area contributed by atoms with Crippen molar-refractivity contribution in [3.63, 3.8) is 0 Å². The van der Waals surface area contributed by atoms with Crippen LogP contribution in [0.3, 0.4) is 0 Å². The van der Waals surface area contributed by atoms with Gasteiger partial charge >= 0.3 is 6.03 Å². The zero-order chi connectivity index (χ0) is 20.2. The topological polar surface area (TPSA) is 59.0 Å². The van der Waals surface area contributed by atoms with Crippen LogP contribution in [0.4, 0.5) is 16.2 Å². The number of carbonyl (C=O) groups excluding carboxylic acids is 1. The van der Waals surface area contributed by atoms with Gasteiger partial charge in [0.2, 0.25) is 0 Å². The summed E-state index contributed by atoms with van der Waals surface area (Å²) < 4.78 is 1.84. The van der Waals surface area contributed by atoms with Gasteiger partial charge in [-0.3, -0.25) is 4.68 Å². The zero-order valence-electron chi connectivity index (χ0n) is 15.8. The molecule has 1 heterocycles. The smallest absolute Gasteiger partial charge is 0.308 e. The number of nitrogens with zero attached hydrogens (tertiary/aromatic N) is 2. The molecule has 0 saturated heterocycles. The molecule has 3 aromatic carbocycles. The second-order valence-corrected chi connectivity index (χ2v) is 7.00. The molecule has 0 aliphatic carbocycles. The minimum Gasteiger partial charge on any atom is -0.308 e. The van der Waals surface area contributed by atoms with E-state index in [-0.39, 0.29) is 6.03 Å². The van der Waals surface area contributed by atoms with Gasteiger partial charge in [-0.1, -0.05) is 54.1 Å². The van der Waals surface area contributed by atoms with Crippen molar-refractivity contribution in [2.45, 2.75) is 0 Å². The Balaban J connectivity index is 1.58. The maximum absolute atomic E-state index is 12.3. The largest absolute Gasteiger partial charge is 0.323 e. The number of halogens is 1. The van der Waals surface area contributed by atoms with Crippen LogP contribution in [0.5, 0.6) is 0 Å². The first-order chi connectivity index (χ1) is 14.1. The molecule has 4 aromatic rings. The van der Waals surface area contributed by atoms with Crippen molar-refractivity contribution in [3.8, 4) is 22.4 Å². The van der Waals surface area contributed by atoms with Gasteiger partial charge in [0.25, 0.3) is 0 Å². The van der Waals surface area contributed by atoms with E-state index in [1.807, 2.05) is 60.4 Å². The van der Waals surface area contributed by atoms with Gasteiger partial charge in [0.1, 0.15) is 0 Å². The molecule has 0 atom stereocenters. The van der Waals surface area contributed by atoms with Gasteiger partial charge in [-0.2, -0.15) is 5.10 Å². The number of carbonyl (C=O) groups is 1. The van der Waals surface area contributed by atoms with E-state index in [4.69, 9.17) is 11.6 Å². The summed E-state index contributed by atoms with van der Waals surface area (Å²) >= 11 is 5.88. The average molecular weight is 403 g/mol. The number of aryl methyl sites for hydroxylation is 1. The first-order valence-corrected chi connectivity index (χ1v) is 9.49. The van der Waals surface area contributed by atoms with E-state index >= 15 is 0 Å². The monoisotopic (exact) mass is 402 g/mol. The fourth-order valence-electron chi connectivity index (χ4n) is 3.18. The Morgan fingerprint density at radius 2 is 1.55 bits per heavy atom. The predicted molar refractivity (Wildman–Crippen MR) is 118 cm³/mol. The van der Waals surface area contributed by atoms with Crippen molar-refractivity contribution in [2.24, 2.45) is 7.05 Å². The quantitative estimate of drug-likeness (QED) is 0.436. The maximum Gasteiger partial charge on any atom is 0.323 e. The van der Waals surface area contributed by atoms with Gasteiger partial charge < -0.3 is 10.6 Å². The lowest BCUT2D eigenvalue weighted by molar-refractivity contribution is 0.262. The highest BCUT2D eigenvalue weighted by Gasteiger charge is 2.13. The van der Waals surface area contributed by atoms with E-state index in [1.165, 1.54) is 0 Å². The molecule has 6 heteroatoms. The molecular formula is C23H19ClN4O. The van der Waals surface area contributed by atoms with Crippen LogP contribution < -0.4 is 10.6 Å². The Bertz CT molecular complexity index is 1140. The lowest BCUT2D eigenvalue weighted by atomic mass is 10.0. The Hall–Kier alpha value is -3.57. The molecule has 0 aliphatic heterocycles. The third-order valence-electron chi connectivity index (χ3n) is 4.52. The van der Waals surface area contributed by atoms with Gasteiger partial charge in [0, 0.05) is 34.6 Å². The van der Waals surface area contributed by atoms with E-state index in [0.717, 1.165) is 22.4 Å². The van der Waals surface area contributed by atoms with Crippen LogP contribution in [0.2, 0.25) is 5.02 Å². The standard InChI is InChI=1S/C23H19ClN4O/c1-28-22(21(15-25-28)16-6-3-2-4-7-16)17-8-5-9-20(14-17)27-23(29)26-19-12-10-18(24)11-13-19/h2-15H,1H3,(H2,26,27,29). The molecule has 0 spiro atoms. The third-order valence-corrected chi connectivity index (χ3v) is 4.77. The average Bonchev–Trinajstić information content (AvgIpc) is 3.12. The summed E-state index contributed by atoms with van der Waals surface area (Å²) in [7, 11) is 1.91. The van der Waals surface area contributed by atoms with Crippen LogP contribution in [-0.2, 0) is 7.05 Å². The number of benzene rings is 3. The molecule has 1 aromatic heterocycles. The molecule has 0 bridgehead atoms. The summed E-state index contributed by atoms with van der Waals surface area (Å²) in [4.78, 5) is 12.3. The molecule has 0 fully saturated rings. The molecule has 5 nitrogen and oxygen atoms in total. The number of nitrogens with one attached hydrogen (secondary N) is 2. The molecule has 144 valence electrons. The van der Waals surface area contributed by atoms with E-state index in [9.17, 15) is 4.79 Å². The van der Waals surface area contributed by atoms with Crippen LogP contribution in [0.25, 0.3) is 22.4 Å². The molecule has 4 rings (SSSR count). The molecule has 0 radical (unpaired) electrons. The van der Waals surface area contributed by atoms with E-state index < -0.39 is 0 Å². The Morgan fingerprint density at radius 3 is 2.31 bits per heavy atom. The Labute approximate surface area is 174 Å². The summed E-state index contributed by atoms with van der Waals surface area (Å²) in [6.45, 7) is 0. The van der Waals surface area contributed by atoms with Crippen molar-refractivity contribution in [2.75, 3.05) is 10.6 Å².